The maximum Gasteiger partial charge on any atom is 0.261 e. The Morgan fingerprint density at radius 1 is 0.960 bits per heavy atom. The van der Waals surface area contributed by atoms with Crippen molar-refractivity contribution in [2.75, 3.05) is 13.1 Å². The molecule has 0 N–H and O–H groups in total. The second-order valence-electron chi connectivity index (χ2n) is 6.23. The monoisotopic (exact) mass is 338 g/mol. The van der Waals surface area contributed by atoms with Gasteiger partial charge in [-0.3, -0.25) is 19.3 Å². The molecule has 0 aromatic heterocycles. The van der Waals surface area contributed by atoms with E-state index in [2.05, 4.69) is 0 Å². The van der Waals surface area contributed by atoms with Gasteiger partial charge in [0.15, 0.2) is 0 Å². The number of imide groups is 1. The summed E-state index contributed by atoms with van der Waals surface area (Å²) < 4.78 is 13.0. The van der Waals surface area contributed by atoms with Crippen molar-refractivity contribution in [3.63, 3.8) is 0 Å². The van der Waals surface area contributed by atoms with E-state index >= 15 is 0 Å². The smallest absolute Gasteiger partial charge is 0.261 e. The van der Waals surface area contributed by atoms with E-state index in [9.17, 15) is 18.8 Å². The number of halogens is 1. The molecule has 2 heterocycles. The fourth-order valence-corrected chi connectivity index (χ4v) is 3.45. The molecule has 0 bridgehead atoms. The Morgan fingerprint density at radius 3 is 2.16 bits per heavy atom. The van der Waals surface area contributed by atoms with Gasteiger partial charge in [0.1, 0.15) is 5.82 Å². The number of carbonyl (C=O) groups is 3. The van der Waals surface area contributed by atoms with Gasteiger partial charge in [0, 0.05) is 18.7 Å². The first-order valence-electron chi connectivity index (χ1n) is 8.08. The Kier molecular flexibility index (Phi) is 3.60. The predicted octanol–water partition coefficient (Wildman–Crippen LogP) is 2.34. The van der Waals surface area contributed by atoms with Crippen LogP contribution in [-0.2, 0) is 0 Å². The Labute approximate surface area is 143 Å². The zero-order valence-corrected chi connectivity index (χ0v) is 13.3. The summed E-state index contributed by atoms with van der Waals surface area (Å²) in [7, 11) is 0. The molecule has 0 saturated carbocycles. The van der Waals surface area contributed by atoms with Crippen molar-refractivity contribution < 1.29 is 18.8 Å². The van der Waals surface area contributed by atoms with E-state index in [0.29, 0.717) is 36.2 Å². The fourth-order valence-electron chi connectivity index (χ4n) is 3.45. The van der Waals surface area contributed by atoms with E-state index in [-0.39, 0.29) is 23.8 Å². The summed E-state index contributed by atoms with van der Waals surface area (Å²) in [5, 5.41) is 0. The van der Waals surface area contributed by atoms with Crippen LogP contribution < -0.4 is 0 Å². The lowest BCUT2D eigenvalue weighted by Gasteiger charge is -2.22. The first-order chi connectivity index (χ1) is 12.1. The molecule has 126 valence electrons. The average molecular weight is 338 g/mol. The van der Waals surface area contributed by atoms with E-state index in [4.69, 9.17) is 0 Å². The van der Waals surface area contributed by atoms with Gasteiger partial charge in [0.2, 0.25) is 0 Å². The molecule has 1 saturated heterocycles. The maximum atomic E-state index is 13.0. The van der Waals surface area contributed by atoms with Crippen molar-refractivity contribution in [1.82, 2.24) is 9.80 Å². The molecule has 0 spiro atoms. The predicted molar refractivity (Wildman–Crippen MR) is 87.7 cm³/mol. The minimum atomic E-state index is -0.401. The number of nitrogens with zero attached hydrogens (tertiary/aromatic N) is 2. The van der Waals surface area contributed by atoms with Crippen LogP contribution >= 0.6 is 0 Å². The van der Waals surface area contributed by atoms with Crippen molar-refractivity contribution in [2.24, 2.45) is 0 Å². The highest BCUT2D eigenvalue weighted by Crippen LogP contribution is 2.28. The number of likely N-dealkylation sites (tertiary alicyclic amines) is 1. The van der Waals surface area contributed by atoms with Crippen molar-refractivity contribution in [3.8, 4) is 0 Å². The zero-order chi connectivity index (χ0) is 17.6. The molecule has 2 aromatic carbocycles. The molecule has 1 fully saturated rings. The minimum Gasteiger partial charge on any atom is -0.336 e. The van der Waals surface area contributed by atoms with Gasteiger partial charge in [-0.25, -0.2) is 4.39 Å². The Morgan fingerprint density at radius 2 is 1.56 bits per heavy atom. The van der Waals surface area contributed by atoms with Crippen LogP contribution in [-0.4, -0.2) is 46.7 Å². The number of benzene rings is 2. The van der Waals surface area contributed by atoms with E-state index in [1.54, 1.807) is 29.2 Å². The summed E-state index contributed by atoms with van der Waals surface area (Å²) in [6, 6.07) is 11.8. The zero-order valence-electron chi connectivity index (χ0n) is 13.3. The third-order valence-corrected chi connectivity index (χ3v) is 4.73. The lowest BCUT2D eigenvalue weighted by atomic mass is 10.1. The molecule has 6 heteroatoms. The first-order valence-corrected chi connectivity index (χ1v) is 8.08. The van der Waals surface area contributed by atoms with Gasteiger partial charge in [0.25, 0.3) is 17.7 Å². The van der Waals surface area contributed by atoms with Crippen LogP contribution in [0.3, 0.4) is 0 Å². The summed E-state index contributed by atoms with van der Waals surface area (Å²) >= 11 is 0. The molecular weight excluding hydrogens is 323 g/mol. The van der Waals surface area contributed by atoms with Crippen molar-refractivity contribution in [1.29, 1.82) is 0 Å². The van der Waals surface area contributed by atoms with Crippen LogP contribution in [0.25, 0.3) is 0 Å². The Hall–Kier alpha value is -3.02. The summed E-state index contributed by atoms with van der Waals surface area (Å²) in [6.07, 6.45) is 0.540. The van der Waals surface area contributed by atoms with Crippen LogP contribution in [0.1, 0.15) is 37.5 Å². The topological polar surface area (TPSA) is 57.7 Å². The summed E-state index contributed by atoms with van der Waals surface area (Å²) in [4.78, 5) is 40.5. The molecule has 1 atom stereocenters. The first kappa shape index (κ1) is 15.5. The highest BCUT2D eigenvalue weighted by atomic mass is 19.1. The van der Waals surface area contributed by atoms with Crippen molar-refractivity contribution in [2.45, 2.75) is 12.5 Å². The third-order valence-electron chi connectivity index (χ3n) is 4.73. The number of hydrogen-bond acceptors (Lipinski definition) is 3. The second-order valence-corrected chi connectivity index (χ2v) is 6.23. The van der Waals surface area contributed by atoms with Gasteiger partial charge in [-0.05, 0) is 42.8 Å². The summed E-state index contributed by atoms with van der Waals surface area (Å²) in [6.45, 7) is 0.746. The molecule has 2 aromatic rings. The van der Waals surface area contributed by atoms with Crippen LogP contribution in [0.4, 0.5) is 4.39 Å². The van der Waals surface area contributed by atoms with Crippen molar-refractivity contribution in [3.05, 3.63) is 71.0 Å². The normalized spacial score (nSPS) is 19.5. The largest absolute Gasteiger partial charge is 0.336 e. The van der Waals surface area contributed by atoms with E-state index in [0.717, 1.165) is 0 Å². The number of hydrogen-bond donors (Lipinski definition) is 0. The van der Waals surface area contributed by atoms with E-state index in [1.807, 2.05) is 0 Å². The number of amides is 3. The molecular formula is C19H15FN2O3. The molecule has 1 unspecified atom stereocenters. The summed E-state index contributed by atoms with van der Waals surface area (Å²) in [5.41, 5.74) is 1.22. The second kappa shape index (κ2) is 5.81. The third kappa shape index (κ3) is 2.50. The van der Waals surface area contributed by atoms with Gasteiger partial charge in [-0.1, -0.05) is 12.1 Å². The van der Waals surface area contributed by atoms with E-state index in [1.165, 1.54) is 29.2 Å². The highest BCUT2D eigenvalue weighted by Gasteiger charge is 2.42. The van der Waals surface area contributed by atoms with Gasteiger partial charge >= 0.3 is 0 Å². The quantitative estimate of drug-likeness (QED) is 0.790. The number of rotatable bonds is 2. The SMILES string of the molecule is O=C(c1ccc(F)cc1)N1CCC(N2C(=O)c3ccccc3C2=O)C1. The number of carbonyl (C=O) groups excluding carboxylic acids is 3. The minimum absolute atomic E-state index is 0.223. The Balaban J connectivity index is 1.52. The van der Waals surface area contributed by atoms with Gasteiger partial charge in [0.05, 0.1) is 17.2 Å². The molecule has 25 heavy (non-hydrogen) atoms. The molecule has 2 aliphatic heterocycles. The maximum absolute atomic E-state index is 13.0. The van der Waals surface area contributed by atoms with E-state index < -0.39 is 5.82 Å². The van der Waals surface area contributed by atoms with Crippen molar-refractivity contribution >= 4 is 17.7 Å². The van der Waals surface area contributed by atoms with Crippen LogP contribution in [0.5, 0.6) is 0 Å². The summed E-state index contributed by atoms with van der Waals surface area (Å²) in [5.74, 6) is -1.23. The molecule has 0 aliphatic carbocycles. The number of fused-ring (bicyclic) bond motifs is 1. The fraction of sp³-hybridized carbons (Fsp3) is 0.211. The molecule has 2 aliphatic rings. The lowest BCUT2D eigenvalue weighted by Crippen LogP contribution is -2.42. The Bertz CT molecular complexity index is 843. The van der Waals surface area contributed by atoms with Crippen LogP contribution in [0, 0.1) is 5.82 Å². The molecule has 5 nitrogen and oxygen atoms in total. The molecule has 0 radical (unpaired) electrons. The average Bonchev–Trinajstić information content (AvgIpc) is 3.19. The molecule has 3 amide bonds. The lowest BCUT2D eigenvalue weighted by molar-refractivity contribution is 0.0574. The van der Waals surface area contributed by atoms with Gasteiger partial charge < -0.3 is 4.90 Å². The van der Waals surface area contributed by atoms with Crippen LogP contribution in [0.2, 0.25) is 0 Å². The molecule has 4 rings (SSSR count). The van der Waals surface area contributed by atoms with Crippen LogP contribution in [0.15, 0.2) is 48.5 Å². The van der Waals surface area contributed by atoms with Gasteiger partial charge in [-0.2, -0.15) is 0 Å². The standard InChI is InChI=1S/C19H15FN2O3/c20-13-7-5-12(6-8-13)17(23)21-10-9-14(11-21)22-18(24)15-3-1-2-4-16(15)19(22)25/h1-8,14H,9-11H2. The highest BCUT2D eigenvalue weighted by molar-refractivity contribution is 6.21. The van der Waals surface area contributed by atoms with Gasteiger partial charge in [-0.15, -0.1) is 0 Å².